The highest BCUT2D eigenvalue weighted by molar-refractivity contribution is 5.08. The van der Waals surface area contributed by atoms with Crippen molar-refractivity contribution < 1.29 is 4.74 Å². The van der Waals surface area contributed by atoms with Crippen LogP contribution in [0.3, 0.4) is 0 Å². The second-order valence-corrected chi connectivity index (χ2v) is 8.30. The molecule has 0 aromatic rings. The molecule has 18 heavy (non-hydrogen) atoms. The number of hydrogen-bond acceptors (Lipinski definition) is 1. The van der Waals surface area contributed by atoms with Crippen molar-refractivity contribution >= 4 is 0 Å². The average molecular weight is 250 g/mol. The lowest BCUT2D eigenvalue weighted by Gasteiger charge is -2.63. The Labute approximate surface area is 113 Å². The zero-order valence-electron chi connectivity index (χ0n) is 12.7. The molecule has 1 heterocycles. The second kappa shape index (κ2) is 3.98. The normalized spacial score (nSPS) is 51.3. The maximum atomic E-state index is 6.25. The number of fused-ring (bicyclic) bond motifs is 3. The highest BCUT2D eigenvalue weighted by Crippen LogP contribution is 2.64. The zero-order chi connectivity index (χ0) is 13.0. The Kier molecular flexibility index (Phi) is 2.86. The SMILES string of the molecule is CC1(C)CCC[C@]2(C)C3CCCO[C@]3(C)CC[C@@H]12. The third-order valence-corrected chi connectivity index (χ3v) is 6.81. The molecule has 0 N–H and O–H groups in total. The maximum absolute atomic E-state index is 6.25. The largest absolute Gasteiger partial charge is 0.375 e. The molecule has 1 saturated heterocycles. The van der Waals surface area contributed by atoms with Gasteiger partial charge in [-0.05, 0) is 68.1 Å². The molecule has 0 bridgehead atoms. The molecule has 4 atom stereocenters. The Bertz CT molecular complexity index is 335. The van der Waals surface area contributed by atoms with Crippen LogP contribution in [-0.2, 0) is 4.74 Å². The first-order valence-corrected chi connectivity index (χ1v) is 8.02. The Balaban J connectivity index is 1.96. The van der Waals surface area contributed by atoms with Gasteiger partial charge in [0.2, 0.25) is 0 Å². The molecule has 1 nitrogen and oxygen atoms in total. The minimum atomic E-state index is 0.191. The van der Waals surface area contributed by atoms with Crippen LogP contribution in [-0.4, -0.2) is 12.2 Å². The summed E-state index contributed by atoms with van der Waals surface area (Å²) >= 11 is 0. The van der Waals surface area contributed by atoms with Gasteiger partial charge in [-0.3, -0.25) is 0 Å². The van der Waals surface area contributed by atoms with Gasteiger partial charge in [0.1, 0.15) is 0 Å². The predicted octanol–water partition coefficient (Wildman–Crippen LogP) is 4.80. The molecule has 0 radical (unpaired) electrons. The smallest absolute Gasteiger partial charge is 0.0687 e. The first-order chi connectivity index (χ1) is 8.39. The van der Waals surface area contributed by atoms with Gasteiger partial charge in [-0.1, -0.05) is 27.2 Å². The Morgan fingerprint density at radius 2 is 1.61 bits per heavy atom. The quantitative estimate of drug-likeness (QED) is 0.600. The summed E-state index contributed by atoms with van der Waals surface area (Å²) in [5.41, 5.74) is 1.28. The van der Waals surface area contributed by atoms with E-state index < -0.39 is 0 Å². The van der Waals surface area contributed by atoms with E-state index in [2.05, 4.69) is 27.7 Å². The summed E-state index contributed by atoms with van der Waals surface area (Å²) in [4.78, 5) is 0. The van der Waals surface area contributed by atoms with E-state index in [-0.39, 0.29) is 5.60 Å². The molecule has 3 rings (SSSR count). The van der Waals surface area contributed by atoms with E-state index in [1.165, 1.54) is 44.9 Å². The summed E-state index contributed by atoms with van der Waals surface area (Å²) < 4.78 is 6.25. The van der Waals surface area contributed by atoms with E-state index >= 15 is 0 Å². The average Bonchev–Trinajstić information content (AvgIpc) is 2.27. The van der Waals surface area contributed by atoms with Gasteiger partial charge in [0.25, 0.3) is 0 Å². The van der Waals surface area contributed by atoms with Crippen molar-refractivity contribution in [2.75, 3.05) is 6.61 Å². The monoisotopic (exact) mass is 250 g/mol. The third kappa shape index (κ3) is 1.69. The van der Waals surface area contributed by atoms with Gasteiger partial charge in [-0.25, -0.2) is 0 Å². The summed E-state index contributed by atoms with van der Waals surface area (Å²) in [5.74, 6) is 1.72. The van der Waals surface area contributed by atoms with Crippen molar-refractivity contribution in [1.82, 2.24) is 0 Å². The van der Waals surface area contributed by atoms with Crippen LogP contribution < -0.4 is 0 Å². The van der Waals surface area contributed by atoms with Crippen molar-refractivity contribution in [2.45, 2.75) is 78.2 Å². The Morgan fingerprint density at radius 3 is 2.39 bits per heavy atom. The lowest BCUT2D eigenvalue weighted by Crippen LogP contribution is -2.59. The topological polar surface area (TPSA) is 9.23 Å². The lowest BCUT2D eigenvalue weighted by molar-refractivity contribution is -0.212. The Morgan fingerprint density at radius 1 is 0.833 bits per heavy atom. The molecule has 0 spiro atoms. The van der Waals surface area contributed by atoms with Crippen molar-refractivity contribution in [3.05, 3.63) is 0 Å². The van der Waals surface area contributed by atoms with Crippen LogP contribution in [0.25, 0.3) is 0 Å². The molecule has 2 aliphatic carbocycles. The molecule has 0 aromatic heterocycles. The molecular formula is C17H30O. The number of hydrogen-bond donors (Lipinski definition) is 0. The summed E-state index contributed by atoms with van der Waals surface area (Å²) in [6.07, 6.45) is 9.65. The highest BCUT2D eigenvalue weighted by Gasteiger charge is 2.59. The molecule has 3 fully saturated rings. The van der Waals surface area contributed by atoms with Crippen LogP contribution in [0.2, 0.25) is 0 Å². The van der Waals surface area contributed by atoms with Gasteiger partial charge < -0.3 is 4.74 Å². The van der Waals surface area contributed by atoms with Crippen LogP contribution >= 0.6 is 0 Å². The molecule has 2 saturated carbocycles. The molecule has 0 amide bonds. The van der Waals surface area contributed by atoms with Crippen LogP contribution in [0, 0.1) is 22.7 Å². The number of ether oxygens (including phenoxy) is 1. The van der Waals surface area contributed by atoms with Crippen molar-refractivity contribution in [3.8, 4) is 0 Å². The van der Waals surface area contributed by atoms with Gasteiger partial charge in [-0.15, -0.1) is 0 Å². The third-order valence-electron chi connectivity index (χ3n) is 6.81. The van der Waals surface area contributed by atoms with E-state index in [9.17, 15) is 0 Å². The number of rotatable bonds is 0. The fraction of sp³-hybridized carbons (Fsp3) is 1.00. The molecule has 0 aromatic carbocycles. The zero-order valence-corrected chi connectivity index (χ0v) is 12.7. The van der Waals surface area contributed by atoms with Crippen LogP contribution in [0.1, 0.15) is 72.6 Å². The standard InChI is InChI=1S/C17H30O/c1-15(2)9-6-10-16(3)13(15)8-11-17(4)14(16)7-5-12-18-17/h13-14H,5-12H2,1-4H3/t13-,14?,16-,17+/m0/s1. The minimum absolute atomic E-state index is 0.191. The maximum Gasteiger partial charge on any atom is 0.0687 e. The van der Waals surface area contributed by atoms with E-state index in [1.54, 1.807) is 0 Å². The molecular weight excluding hydrogens is 220 g/mol. The molecule has 1 unspecified atom stereocenters. The van der Waals surface area contributed by atoms with Gasteiger partial charge in [0.15, 0.2) is 0 Å². The molecule has 1 aliphatic heterocycles. The van der Waals surface area contributed by atoms with Gasteiger partial charge >= 0.3 is 0 Å². The van der Waals surface area contributed by atoms with Crippen molar-refractivity contribution in [3.63, 3.8) is 0 Å². The van der Waals surface area contributed by atoms with Gasteiger partial charge in [-0.2, -0.15) is 0 Å². The van der Waals surface area contributed by atoms with E-state index in [1.807, 2.05) is 0 Å². The summed E-state index contributed by atoms with van der Waals surface area (Å²) in [6, 6.07) is 0. The van der Waals surface area contributed by atoms with E-state index in [0.717, 1.165) is 18.4 Å². The molecule has 104 valence electrons. The fourth-order valence-electron chi connectivity index (χ4n) is 6.01. The van der Waals surface area contributed by atoms with Crippen LogP contribution in [0.15, 0.2) is 0 Å². The first kappa shape index (κ1) is 13.0. The second-order valence-electron chi connectivity index (χ2n) is 8.30. The van der Waals surface area contributed by atoms with Gasteiger partial charge in [0.05, 0.1) is 5.60 Å². The van der Waals surface area contributed by atoms with Crippen LogP contribution in [0.4, 0.5) is 0 Å². The molecule has 3 aliphatic rings. The predicted molar refractivity (Wildman–Crippen MR) is 75.5 cm³/mol. The molecule has 1 heteroatoms. The summed E-state index contributed by atoms with van der Waals surface area (Å²) in [6.45, 7) is 11.0. The lowest BCUT2D eigenvalue weighted by atomic mass is 9.45. The fourth-order valence-corrected chi connectivity index (χ4v) is 6.01. The van der Waals surface area contributed by atoms with Crippen molar-refractivity contribution in [1.29, 1.82) is 0 Å². The Hall–Kier alpha value is -0.0400. The van der Waals surface area contributed by atoms with Crippen molar-refractivity contribution in [2.24, 2.45) is 22.7 Å². The van der Waals surface area contributed by atoms with Gasteiger partial charge in [0, 0.05) is 6.61 Å². The van der Waals surface area contributed by atoms with E-state index in [0.29, 0.717) is 10.8 Å². The minimum Gasteiger partial charge on any atom is -0.375 e. The van der Waals surface area contributed by atoms with E-state index in [4.69, 9.17) is 4.74 Å². The highest BCUT2D eigenvalue weighted by atomic mass is 16.5. The summed E-state index contributed by atoms with van der Waals surface area (Å²) in [7, 11) is 0. The summed E-state index contributed by atoms with van der Waals surface area (Å²) in [5, 5.41) is 0. The first-order valence-electron chi connectivity index (χ1n) is 8.02. The van der Waals surface area contributed by atoms with Crippen LogP contribution in [0.5, 0.6) is 0 Å².